The van der Waals surface area contributed by atoms with Gasteiger partial charge >= 0.3 is 5.91 Å². The fraction of sp³-hybridized carbons (Fsp3) is 0.150. The van der Waals surface area contributed by atoms with Gasteiger partial charge in [-0.25, -0.2) is 4.90 Å². The van der Waals surface area contributed by atoms with Gasteiger partial charge in [-0.3, -0.25) is 14.4 Å². The minimum Gasteiger partial charge on any atom is -0.283 e. The number of allylic oxidation sites excluding steroid dienone is 1. The van der Waals surface area contributed by atoms with Crippen molar-refractivity contribution in [1.29, 1.82) is 0 Å². The van der Waals surface area contributed by atoms with E-state index in [2.05, 4.69) is 0 Å². The monoisotopic (exact) mass is 321 g/mol. The van der Waals surface area contributed by atoms with Crippen LogP contribution in [-0.2, 0) is 9.59 Å². The molecule has 0 saturated carbocycles. The van der Waals surface area contributed by atoms with Gasteiger partial charge < -0.3 is 0 Å². The molecule has 0 aliphatic carbocycles. The summed E-state index contributed by atoms with van der Waals surface area (Å²) in [5.74, 6) is -2.07. The van der Waals surface area contributed by atoms with Crippen LogP contribution in [0.3, 0.4) is 0 Å². The third kappa shape index (κ3) is 3.49. The van der Waals surface area contributed by atoms with E-state index in [9.17, 15) is 14.4 Å². The van der Waals surface area contributed by atoms with Crippen LogP contribution in [0.4, 0.5) is 5.69 Å². The summed E-state index contributed by atoms with van der Waals surface area (Å²) in [6, 6.07) is 15.2. The normalized spacial score (nSPS) is 11.0. The SMILES string of the molecule is C/C=C(\C)C(=O)N(C(=O)C(=O)c1ccccc1)c1ccccc1C. The van der Waals surface area contributed by atoms with E-state index in [0.29, 0.717) is 11.3 Å². The van der Waals surface area contributed by atoms with E-state index in [1.165, 1.54) is 0 Å². The fourth-order valence-corrected chi connectivity index (χ4v) is 2.24. The molecule has 0 aliphatic heterocycles. The van der Waals surface area contributed by atoms with Crippen LogP contribution in [0.15, 0.2) is 66.2 Å². The van der Waals surface area contributed by atoms with Gasteiger partial charge in [0.05, 0.1) is 5.69 Å². The van der Waals surface area contributed by atoms with Gasteiger partial charge in [0.15, 0.2) is 0 Å². The average molecular weight is 321 g/mol. The van der Waals surface area contributed by atoms with E-state index in [1.807, 2.05) is 6.07 Å². The zero-order valence-corrected chi connectivity index (χ0v) is 13.9. The highest BCUT2D eigenvalue weighted by Crippen LogP contribution is 2.22. The van der Waals surface area contributed by atoms with Crippen molar-refractivity contribution < 1.29 is 14.4 Å². The van der Waals surface area contributed by atoms with Gasteiger partial charge in [-0.05, 0) is 32.4 Å². The summed E-state index contributed by atoms with van der Waals surface area (Å²) >= 11 is 0. The maximum absolute atomic E-state index is 12.8. The predicted molar refractivity (Wildman–Crippen MR) is 93.9 cm³/mol. The lowest BCUT2D eigenvalue weighted by atomic mass is 10.1. The van der Waals surface area contributed by atoms with Crippen LogP contribution in [-0.4, -0.2) is 17.6 Å². The van der Waals surface area contributed by atoms with Crippen LogP contribution >= 0.6 is 0 Å². The first kappa shape index (κ1) is 17.3. The van der Waals surface area contributed by atoms with E-state index in [0.717, 1.165) is 10.5 Å². The van der Waals surface area contributed by atoms with Crippen molar-refractivity contribution in [1.82, 2.24) is 0 Å². The second-order valence-corrected chi connectivity index (χ2v) is 5.40. The van der Waals surface area contributed by atoms with Gasteiger partial charge in [-0.1, -0.05) is 54.6 Å². The minimum absolute atomic E-state index is 0.256. The smallest absolute Gasteiger partial charge is 0.283 e. The number of carbonyl (C=O) groups excluding carboxylic acids is 3. The summed E-state index contributed by atoms with van der Waals surface area (Å²) in [7, 11) is 0. The lowest BCUT2D eigenvalue weighted by Crippen LogP contribution is -2.42. The van der Waals surface area contributed by atoms with Gasteiger partial charge in [0.25, 0.3) is 11.7 Å². The largest absolute Gasteiger partial charge is 0.306 e. The van der Waals surface area contributed by atoms with Crippen molar-refractivity contribution in [3.05, 3.63) is 77.4 Å². The number of hydrogen-bond donors (Lipinski definition) is 0. The summed E-state index contributed by atoms with van der Waals surface area (Å²) in [6.07, 6.45) is 1.62. The molecule has 0 heterocycles. The first-order valence-electron chi connectivity index (χ1n) is 7.64. The zero-order valence-electron chi connectivity index (χ0n) is 13.9. The fourth-order valence-electron chi connectivity index (χ4n) is 2.24. The first-order chi connectivity index (χ1) is 11.5. The predicted octanol–water partition coefficient (Wildman–Crippen LogP) is 3.70. The molecule has 0 aliphatic rings. The van der Waals surface area contributed by atoms with Crippen molar-refractivity contribution in [3.63, 3.8) is 0 Å². The highest BCUT2D eigenvalue weighted by Gasteiger charge is 2.31. The molecule has 0 aromatic heterocycles. The molecule has 0 atom stereocenters. The Labute approximate surface area is 141 Å². The van der Waals surface area contributed by atoms with E-state index in [4.69, 9.17) is 0 Å². The summed E-state index contributed by atoms with van der Waals surface area (Å²) in [4.78, 5) is 39.0. The van der Waals surface area contributed by atoms with Crippen molar-refractivity contribution in [2.75, 3.05) is 4.90 Å². The van der Waals surface area contributed by atoms with Crippen molar-refractivity contribution in [3.8, 4) is 0 Å². The number of hydrogen-bond acceptors (Lipinski definition) is 3. The highest BCUT2D eigenvalue weighted by atomic mass is 16.2. The molecule has 24 heavy (non-hydrogen) atoms. The third-order valence-electron chi connectivity index (χ3n) is 3.76. The molecule has 4 heteroatoms. The van der Waals surface area contributed by atoms with Crippen molar-refractivity contribution >= 4 is 23.3 Å². The van der Waals surface area contributed by atoms with Crippen LogP contribution in [0.1, 0.15) is 29.8 Å². The van der Waals surface area contributed by atoms with E-state index < -0.39 is 17.6 Å². The molecule has 0 bridgehead atoms. The topological polar surface area (TPSA) is 54.5 Å². The molecule has 2 aromatic rings. The Kier molecular flexibility index (Phi) is 5.42. The summed E-state index contributed by atoms with van der Waals surface area (Å²) in [5, 5.41) is 0. The first-order valence-corrected chi connectivity index (χ1v) is 7.64. The number of ketones is 1. The summed E-state index contributed by atoms with van der Waals surface area (Å²) < 4.78 is 0. The number of aryl methyl sites for hydroxylation is 1. The summed E-state index contributed by atoms with van der Waals surface area (Å²) in [5.41, 5.74) is 1.81. The second kappa shape index (κ2) is 7.51. The molecule has 0 spiro atoms. The Balaban J connectivity index is 2.51. The van der Waals surface area contributed by atoms with E-state index in [1.54, 1.807) is 75.4 Å². The van der Waals surface area contributed by atoms with Crippen LogP contribution in [0.2, 0.25) is 0 Å². The molecule has 0 N–H and O–H groups in total. The molecule has 2 aromatic carbocycles. The maximum Gasteiger partial charge on any atom is 0.306 e. The van der Waals surface area contributed by atoms with Gasteiger partial charge in [0.1, 0.15) is 0 Å². The van der Waals surface area contributed by atoms with Crippen LogP contribution < -0.4 is 4.90 Å². The molecule has 0 saturated heterocycles. The van der Waals surface area contributed by atoms with Crippen LogP contribution in [0, 0.1) is 6.92 Å². The molecular weight excluding hydrogens is 302 g/mol. The number of nitrogens with zero attached hydrogens (tertiary/aromatic N) is 1. The molecule has 2 rings (SSSR count). The minimum atomic E-state index is -0.860. The van der Waals surface area contributed by atoms with Gasteiger partial charge in [-0.15, -0.1) is 0 Å². The number of amides is 2. The molecule has 0 radical (unpaired) electrons. The van der Waals surface area contributed by atoms with Gasteiger partial charge in [-0.2, -0.15) is 0 Å². The van der Waals surface area contributed by atoms with E-state index >= 15 is 0 Å². The van der Waals surface area contributed by atoms with Gasteiger partial charge in [0.2, 0.25) is 0 Å². The Morgan fingerprint density at radius 1 is 0.875 bits per heavy atom. The number of benzene rings is 2. The standard InChI is InChI=1S/C20H19NO3/c1-4-14(2)19(23)21(17-13-9-8-10-15(17)3)20(24)18(22)16-11-6-5-7-12-16/h4-13H,1-3H3/b14-4+. The molecule has 122 valence electrons. The number of para-hydroxylation sites is 1. The molecule has 2 amide bonds. The van der Waals surface area contributed by atoms with Crippen LogP contribution in [0.5, 0.6) is 0 Å². The van der Waals surface area contributed by atoms with E-state index in [-0.39, 0.29) is 5.56 Å². The Morgan fingerprint density at radius 3 is 2.04 bits per heavy atom. The molecule has 0 fully saturated rings. The van der Waals surface area contributed by atoms with Gasteiger partial charge in [0, 0.05) is 11.1 Å². The van der Waals surface area contributed by atoms with Crippen LogP contribution in [0.25, 0.3) is 0 Å². The number of Topliss-reactive ketones (excluding diaryl/α,β-unsaturated/α-hetero) is 1. The second-order valence-electron chi connectivity index (χ2n) is 5.40. The molecule has 0 unspecified atom stereocenters. The number of carbonyl (C=O) groups is 3. The number of rotatable bonds is 4. The molecule has 4 nitrogen and oxygen atoms in total. The third-order valence-corrected chi connectivity index (χ3v) is 3.76. The average Bonchev–Trinajstić information content (AvgIpc) is 2.62. The summed E-state index contributed by atoms with van der Waals surface area (Å²) in [6.45, 7) is 5.13. The Morgan fingerprint density at radius 2 is 1.46 bits per heavy atom. The highest BCUT2D eigenvalue weighted by molar-refractivity contribution is 6.51. The lowest BCUT2D eigenvalue weighted by molar-refractivity contribution is -0.122. The maximum atomic E-state index is 12.8. The lowest BCUT2D eigenvalue weighted by Gasteiger charge is -2.22. The number of anilines is 1. The zero-order chi connectivity index (χ0) is 17.7. The Bertz CT molecular complexity index is 807. The quantitative estimate of drug-likeness (QED) is 0.490. The molecular formula is C20H19NO3. The van der Waals surface area contributed by atoms with Crippen molar-refractivity contribution in [2.45, 2.75) is 20.8 Å². The Hall–Kier alpha value is -3.01. The van der Waals surface area contributed by atoms with Crippen molar-refractivity contribution in [2.24, 2.45) is 0 Å². The number of imide groups is 1.